The molecule has 0 aliphatic heterocycles. The molecule has 0 amide bonds. The highest BCUT2D eigenvalue weighted by atomic mass is 16.4. The Labute approximate surface area is 113 Å². The van der Waals surface area contributed by atoms with Crippen LogP contribution >= 0.6 is 0 Å². The van der Waals surface area contributed by atoms with Crippen LogP contribution in [0.25, 0.3) is 0 Å². The molecule has 5 nitrogen and oxygen atoms in total. The van der Waals surface area contributed by atoms with Gasteiger partial charge in [-0.2, -0.15) is 0 Å². The van der Waals surface area contributed by atoms with Crippen LogP contribution in [0.3, 0.4) is 0 Å². The molecule has 1 aliphatic rings. The Morgan fingerprint density at radius 3 is 2.63 bits per heavy atom. The van der Waals surface area contributed by atoms with E-state index in [2.05, 4.69) is 29.1 Å². The van der Waals surface area contributed by atoms with Gasteiger partial charge in [-0.25, -0.2) is 14.8 Å². The van der Waals surface area contributed by atoms with E-state index in [0.717, 1.165) is 6.42 Å². The monoisotopic (exact) mass is 263 g/mol. The van der Waals surface area contributed by atoms with Gasteiger partial charge in [-0.1, -0.05) is 26.7 Å². The minimum atomic E-state index is -1.04. The third-order valence-electron chi connectivity index (χ3n) is 3.88. The van der Waals surface area contributed by atoms with Gasteiger partial charge < -0.3 is 10.4 Å². The quantitative estimate of drug-likeness (QED) is 0.873. The lowest BCUT2D eigenvalue weighted by Gasteiger charge is -2.35. The van der Waals surface area contributed by atoms with Crippen molar-refractivity contribution in [2.24, 2.45) is 11.8 Å². The number of aromatic nitrogens is 2. The van der Waals surface area contributed by atoms with E-state index < -0.39 is 5.97 Å². The van der Waals surface area contributed by atoms with E-state index in [-0.39, 0.29) is 5.69 Å². The van der Waals surface area contributed by atoms with Gasteiger partial charge in [0.1, 0.15) is 5.82 Å². The predicted octanol–water partition coefficient (Wildman–Crippen LogP) is 2.80. The van der Waals surface area contributed by atoms with Gasteiger partial charge in [0.25, 0.3) is 0 Å². The third kappa shape index (κ3) is 3.43. The summed E-state index contributed by atoms with van der Waals surface area (Å²) in [5.74, 6) is 0.915. The molecule has 2 rings (SSSR count). The lowest BCUT2D eigenvalue weighted by molar-refractivity contribution is 0.0690. The van der Waals surface area contributed by atoms with Crippen molar-refractivity contribution in [1.82, 2.24) is 9.97 Å². The maximum absolute atomic E-state index is 10.7. The number of anilines is 1. The Balaban J connectivity index is 2.04. The average molecular weight is 263 g/mol. The largest absolute Gasteiger partial charge is 0.476 e. The second-order valence-electron chi connectivity index (χ2n) is 5.54. The topological polar surface area (TPSA) is 75.1 Å². The van der Waals surface area contributed by atoms with Gasteiger partial charge >= 0.3 is 5.97 Å². The zero-order chi connectivity index (χ0) is 13.8. The number of hydrogen-bond donors (Lipinski definition) is 2. The fourth-order valence-corrected chi connectivity index (χ4v) is 2.84. The highest BCUT2D eigenvalue weighted by molar-refractivity contribution is 5.84. The highest BCUT2D eigenvalue weighted by Gasteiger charge is 2.27. The number of carboxylic acids is 1. The molecule has 1 aliphatic carbocycles. The Hall–Kier alpha value is -1.65. The number of hydrogen-bond acceptors (Lipinski definition) is 4. The zero-order valence-corrected chi connectivity index (χ0v) is 11.5. The molecule has 1 aromatic heterocycles. The van der Waals surface area contributed by atoms with Crippen molar-refractivity contribution in [3.63, 3.8) is 0 Å². The van der Waals surface area contributed by atoms with E-state index in [1.807, 2.05) is 0 Å². The molecule has 19 heavy (non-hydrogen) atoms. The van der Waals surface area contributed by atoms with Crippen LogP contribution in [-0.4, -0.2) is 27.1 Å². The van der Waals surface area contributed by atoms with E-state index in [1.54, 1.807) is 0 Å². The summed E-state index contributed by atoms with van der Waals surface area (Å²) in [7, 11) is 0. The Bertz CT molecular complexity index is 431. The summed E-state index contributed by atoms with van der Waals surface area (Å²) in [6, 6.07) is 0.415. The van der Waals surface area contributed by atoms with Gasteiger partial charge in [0.05, 0.1) is 12.4 Å². The second-order valence-corrected chi connectivity index (χ2v) is 5.54. The van der Waals surface area contributed by atoms with E-state index in [4.69, 9.17) is 5.11 Å². The first-order valence-corrected chi connectivity index (χ1v) is 6.90. The minimum Gasteiger partial charge on any atom is -0.476 e. The van der Waals surface area contributed by atoms with Crippen LogP contribution < -0.4 is 5.32 Å². The van der Waals surface area contributed by atoms with Crippen LogP contribution in [0.5, 0.6) is 0 Å². The zero-order valence-electron chi connectivity index (χ0n) is 11.5. The smallest absolute Gasteiger partial charge is 0.356 e. The Kier molecular flexibility index (Phi) is 4.35. The fraction of sp³-hybridized carbons (Fsp3) is 0.643. The highest BCUT2D eigenvalue weighted by Crippen LogP contribution is 2.31. The van der Waals surface area contributed by atoms with Gasteiger partial charge in [-0.3, -0.25) is 0 Å². The summed E-state index contributed by atoms with van der Waals surface area (Å²) < 4.78 is 0. The molecular formula is C14H21N3O2. The predicted molar refractivity (Wildman–Crippen MR) is 73.2 cm³/mol. The molecular weight excluding hydrogens is 242 g/mol. The number of carbonyl (C=O) groups is 1. The van der Waals surface area contributed by atoms with E-state index in [1.165, 1.54) is 31.7 Å². The lowest BCUT2D eigenvalue weighted by atomic mass is 9.78. The molecule has 2 unspecified atom stereocenters. The van der Waals surface area contributed by atoms with Crippen molar-refractivity contribution in [2.75, 3.05) is 5.32 Å². The van der Waals surface area contributed by atoms with E-state index in [0.29, 0.717) is 23.7 Å². The van der Waals surface area contributed by atoms with E-state index >= 15 is 0 Å². The van der Waals surface area contributed by atoms with Crippen LogP contribution in [0, 0.1) is 11.8 Å². The van der Waals surface area contributed by atoms with E-state index in [9.17, 15) is 4.79 Å². The van der Waals surface area contributed by atoms with Crippen molar-refractivity contribution in [3.8, 4) is 0 Å². The molecule has 0 bridgehead atoms. The first-order valence-electron chi connectivity index (χ1n) is 6.90. The Morgan fingerprint density at radius 1 is 1.32 bits per heavy atom. The third-order valence-corrected chi connectivity index (χ3v) is 3.88. The molecule has 0 saturated heterocycles. The first-order chi connectivity index (χ1) is 9.08. The maximum atomic E-state index is 10.7. The SMILES string of the molecule is CC(C)C1CCCCC1Nc1cnc(C(=O)O)cn1. The van der Waals surface area contributed by atoms with Crippen molar-refractivity contribution < 1.29 is 9.90 Å². The number of nitrogens with zero attached hydrogens (tertiary/aromatic N) is 2. The van der Waals surface area contributed by atoms with Crippen molar-refractivity contribution >= 4 is 11.8 Å². The van der Waals surface area contributed by atoms with Crippen molar-refractivity contribution in [3.05, 3.63) is 18.1 Å². The molecule has 2 N–H and O–H groups in total. The molecule has 104 valence electrons. The van der Waals surface area contributed by atoms with Gasteiger partial charge in [0, 0.05) is 6.04 Å². The lowest BCUT2D eigenvalue weighted by Crippen LogP contribution is -2.35. The van der Waals surface area contributed by atoms with Gasteiger partial charge in [-0.15, -0.1) is 0 Å². The van der Waals surface area contributed by atoms with Gasteiger partial charge in [0.2, 0.25) is 0 Å². The van der Waals surface area contributed by atoms with Crippen LogP contribution in [0.4, 0.5) is 5.82 Å². The van der Waals surface area contributed by atoms with Crippen molar-refractivity contribution in [1.29, 1.82) is 0 Å². The normalized spacial score (nSPS) is 23.3. The summed E-state index contributed by atoms with van der Waals surface area (Å²) in [5, 5.41) is 12.2. The molecule has 1 fully saturated rings. The molecule has 5 heteroatoms. The molecule has 0 aromatic carbocycles. The maximum Gasteiger partial charge on any atom is 0.356 e. The summed E-state index contributed by atoms with van der Waals surface area (Å²) in [6.07, 6.45) is 7.74. The Morgan fingerprint density at radius 2 is 2.05 bits per heavy atom. The molecule has 2 atom stereocenters. The fourth-order valence-electron chi connectivity index (χ4n) is 2.84. The number of nitrogens with one attached hydrogen (secondary N) is 1. The summed E-state index contributed by atoms with van der Waals surface area (Å²) in [6.45, 7) is 4.51. The molecule has 1 heterocycles. The second kappa shape index (κ2) is 5.99. The standard InChI is InChI=1S/C14H21N3O2/c1-9(2)10-5-3-4-6-11(10)17-13-8-15-12(7-16-13)14(18)19/h7-11H,3-6H2,1-2H3,(H,16,17)(H,18,19). The molecule has 1 saturated carbocycles. The number of aromatic carboxylic acids is 1. The van der Waals surface area contributed by atoms with Gasteiger partial charge in [0.15, 0.2) is 5.69 Å². The number of carboxylic acid groups (broad SMARTS) is 1. The van der Waals surface area contributed by atoms with Crippen LogP contribution in [-0.2, 0) is 0 Å². The minimum absolute atomic E-state index is 0.0189. The van der Waals surface area contributed by atoms with Crippen LogP contribution in [0.1, 0.15) is 50.0 Å². The average Bonchev–Trinajstić information content (AvgIpc) is 2.39. The number of rotatable bonds is 4. The van der Waals surface area contributed by atoms with Crippen LogP contribution in [0.2, 0.25) is 0 Å². The summed E-state index contributed by atoms with van der Waals surface area (Å²) >= 11 is 0. The summed E-state index contributed by atoms with van der Waals surface area (Å²) in [4.78, 5) is 18.7. The molecule has 0 radical (unpaired) electrons. The molecule has 1 aromatic rings. The first kappa shape index (κ1) is 13.8. The summed E-state index contributed by atoms with van der Waals surface area (Å²) in [5.41, 5.74) is -0.0189. The van der Waals surface area contributed by atoms with Crippen LogP contribution in [0.15, 0.2) is 12.4 Å². The van der Waals surface area contributed by atoms with Gasteiger partial charge in [-0.05, 0) is 24.7 Å². The van der Waals surface area contributed by atoms with Crippen molar-refractivity contribution in [2.45, 2.75) is 45.6 Å². The molecule has 0 spiro atoms.